The molecular weight excluding hydrogens is 381 g/mol. The zero-order valence-electron chi connectivity index (χ0n) is 13.6. The number of thiophene rings is 1. The molecule has 4 heterocycles. The van der Waals surface area contributed by atoms with Crippen LogP contribution in [-0.2, 0) is 5.60 Å². The van der Waals surface area contributed by atoms with Crippen LogP contribution in [0.4, 0.5) is 13.2 Å². The van der Waals surface area contributed by atoms with Gasteiger partial charge in [0.05, 0.1) is 11.5 Å². The lowest BCUT2D eigenvalue weighted by Gasteiger charge is -2.43. The number of nitrogens with zero attached hydrogens (tertiary/aromatic N) is 6. The molecule has 0 aliphatic heterocycles. The van der Waals surface area contributed by atoms with E-state index in [0.29, 0.717) is 32.3 Å². The van der Waals surface area contributed by atoms with Gasteiger partial charge in [-0.05, 0) is 18.9 Å². The van der Waals surface area contributed by atoms with Crippen molar-refractivity contribution < 1.29 is 18.3 Å². The smallest absolute Gasteiger partial charge is 0.384 e. The number of aliphatic hydroxyl groups is 1. The number of fused-ring (bicyclic) bond motifs is 2. The zero-order chi connectivity index (χ0) is 18.8. The molecule has 0 amide bonds. The maximum atomic E-state index is 12.7. The summed E-state index contributed by atoms with van der Waals surface area (Å²) >= 11 is 1.18. The minimum atomic E-state index is -4.27. The Bertz CT molecular complexity index is 1160. The van der Waals surface area contributed by atoms with Crippen LogP contribution in [0.25, 0.3) is 27.4 Å². The molecule has 5 rings (SSSR count). The summed E-state index contributed by atoms with van der Waals surface area (Å²) in [6, 6.07) is 1.66. The second-order valence-electron chi connectivity index (χ2n) is 6.59. The average Bonchev–Trinajstić information content (AvgIpc) is 3.23. The third-order valence-electron chi connectivity index (χ3n) is 4.76. The van der Waals surface area contributed by atoms with Gasteiger partial charge in [0, 0.05) is 28.9 Å². The molecule has 7 nitrogen and oxygen atoms in total. The van der Waals surface area contributed by atoms with Gasteiger partial charge in [-0.1, -0.05) is 0 Å². The van der Waals surface area contributed by atoms with Gasteiger partial charge in [-0.3, -0.25) is 0 Å². The molecule has 1 aliphatic carbocycles. The van der Waals surface area contributed by atoms with Crippen LogP contribution in [0.2, 0.25) is 0 Å². The number of alkyl halides is 3. The fraction of sp³-hybridized carbons (Fsp3) is 0.312. The summed E-state index contributed by atoms with van der Waals surface area (Å²) in [4.78, 5) is 18.0. The predicted molar refractivity (Wildman–Crippen MR) is 89.9 cm³/mol. The second-order valence-corrected chi connectivity index (χ2v) is 7.62. The van der Waals surface area contributed by atoms with E-state index >= 15 is 0 Å². The van der Waals surface area contributed by atoms with Crippen molar-refractivity contribution in [3.05, 3.63) is 35.9 Å². The normalized spacial score (nSPS) is 23.0. The summed E-state index contributed by atoms with van der Waals surface area (Å²) in [7, 11) is 0. The fourth-order valence-electron chi connectivity index (χ4n) is 3.22. The Balaban J connectivity index is 1.48. The van der Waals surface area contributed by atoms with Crippen molar-refractivity contribution in [2.24, 2.45) is 5.92 Å². The number of rotatable bonds is 2. The van der Waals surface area contributed by atoms with E-state index in [-0.39, 0.29) is 12.8 Å². The summed E-state index contributed by atoms with van der Waals surface area (Å²) in [5.41, 5.74) is -0.822. The molecule has 0 atom stereocenters. The quantitative estimate of drug-likeness (QED) is 0.564. The Morgan fingerprint density at radius 3 is 2.78 bits per heavy atom. The Morgan fingerprint density at radius 2 is 2.00 bits per heavy atom. The van der Waals surface area contributed by atoms with Crippen molar-refractivity contribution in [2.75, 3.05) is 0 Å². The highest BCUT2D eigenvalue weighted by Crippen LogP contribution is 2.54. The molecule has 0 spiro atoms. The van der Waals surface area contributed by atoms with Crippen LogP contribution in [0.3, 0.4) is 0 Å². The summed E-state index contributed by atoms with van der Waals surface area (Å²) in [6.45, 7) is 0. The molecule has 0 bridgehead atoms. The van der Waals surface area contributed by atoms with E-state index in [1.807, 2.05) is 0 Å². The number of aromatic nitrogens is 6. The van der Waals surface area contributed by atoms with E-state index in [0.717, 1.165) is 0 Å². The summed E-state index contributed by atoms with van der Waals surface area (Å²) in [5, 5.41) is 15.2. The molecule has 1 fully saturated rings. The van der Waals surface area contributed by atoms with E-state index in [9.17, 15) is 18.3 Å². The van der Waals surface area contributed by atoms with Crippen molar-refractivity contribution >= 4 is 27.3 Å². The highest BCUT2D eigenvalue weighted by Gasteiger charge is 2.56. The van der Waals surface area contributed by atoms with Crippen LogP contribution >= 0.6 is 11.3 Å². The Kier molecular flexibility index (Phi) is 3.32. The lowest BCUT2D eigenvalue weighted by molar-refractivity contribution is -0.241. The summed E-state index contributed by atoms with van der Waals surface area (Å²) in [5.74, 6) is -0.603. The number of hydrogen-bond acceptors (Lipinski definition) is 7. The zero-order valence-corrected chi connectivity index (χ0v) is 14.4. The van der Waals surface area contributed by atoms with Gasteiger partial charge in [-0.15, -0.1) is 11.3 Å². The molecule has 0 radical (unpaired) electrons. The SMILES string of the molecule is OC1(c2cc3cnc(-c4cnc5ncnn5c4)nc3s2)CC(C(F)(F)F)C1. The molecule has 1 aliphatic rings. The highest BCUT2D eigenvalue weighted by molar-refractivity contribution is 7.18. The lowest BCUT2D eigenvalue weighted by atomic mass is 9.70. The van der Waals surface area contributed by atoms with Gasteiger partial charge in [0.2, 0.25) is 0 Å². The maximum absolute atomic E-state index is 12.7. The van der Waals surface area contributed by atoms with Crippen LogP contribution in [0, 0.1) is 5.92 Å². The van der Waals surface area contributed by atoms with E-state index in [1.54, 1.807) is 24.7 Å². The van der Waals surface area contributed by atoms with Gasteiger partial charge in [0.15, 0.2) is 5.82 Å². The van der Waals surface area contributed by atoms with Gasteiger partial charge in [0.25, 0.3) is 5.78 Å². The van der Waals surface area contributed by atoms with Crippen LogP contribution in [0.5, 0.6) is 0 Å². The minimum absolute atomic E-state index is 0.323. The fourth-order valence-corrected chi connectivity index (χ4v) is 4.34. The van der Waals surface area contributed by atoms with Crippen LogP contribution < -0.4 is 0 Å². The molecule has 1 N–H and O–H groups in total. The van der Waals surface area contributed by atoms with E-state index < -0.39 is 17.7 Å². The molecular formula is C16H11F3N6OS. The first-order chi connectivity index (χ1) is 12.8. The molecule has 4 aromatic heterocycles. The minimum Gasteiger partial charge on any atom is -0.384 e. The molecule has 0 saturated heterocycles. The Labute approximate surface area is 153 Å². The lowest BCUT2D eigenvalue weighted by Crippen LogP contribution is -2.46. The van der Waals surface area contributed by atoms with Crippen molar-refractivity contribution in [3.8, 4) is 11.4 Å². The Hall–Kier alpha value is -2.66. The Morgan fingerprint density at radius 1 is 1.19 bits per heavy atom. The molecule has 1 saturated carbocycles. The number of halogens is 3. The average molecular weight is 392 g/mol. The van der Waals surface area contributed by atoms with Gasteiger partial charge in [0.1, 0.15) is 16.8 Å². The first-order valence-corrected chi connectivity index (χ1v) is 8.85. The third-order valence-corrected chi connectivity index (χ3v) is 5.99. The van der Waals surface area contributed by atoms with E-state index in [2.05, 4.69) is 25.0 Å². The molecule has 0 unspecified atom stereocenters. The van der Waals surface area contributed by atoms with Gasteiger partial charge in [-0.25, -0.2) is 19.5 Å². The van der Waals surface area contributed by atoms with Crippen LogP contribution in [0.15, 0.2) is 31.0 Å². The standard InChI is InChI=1S/C16H11F3N6OS/c17-16(18,19)10-2-15(26,3-10)11-1-8-4-20-12(24-13(8)27-11)9-5-21-14-22-7-23-25(14)6-9/h1,4-7,10,26H,2-3H2. The highest BCUT2D eigenvalue weighted by atomic mass is 32.1. The first kappa shape index (κ1) is 16.5. The second kappa shape index (κ2) is 5.42. The van der Waals surface area contributed by atoms with Gasteiger partial charge < -0.3 is 5.11 Å². The molecule has 11 heteroatoms. The largest absolute Gasteiger partial charge is 0.392 e. The van der Waals surface area contributed by atoms with Crippen LogP contribution in [-0.4, -0.2) is 40.8 Å². The van der Waals surface area contributed by atoms with Crippen molar-refractivity contribution in [1.29, 1.82) is 0 Å². The monoisotopic (exact) mass is 392 g/mol. The molecule has 27 heavy (non-hydrogen) atoms. The van der Waals surface area contributed by atoms with Crippen molar-refractivity contribution in [3.63, 3.8) is 0 Å². The summed E-state index contributed by atoms with van der Waals surface area (Å²) < 4.78 is 39.7. The summed E-state index contributed by atoms with van der Waals surface area (Å²) in [6.07, 6.45) is 1.32. The molecule has 4 aromatic rings. The van der Waals surface area contributed by atoms with Gasteiger partial charge in [-0.2, -0.15) is 23.3 Å². The van der Waals surface area contributed by atoms with Crippen LogP contribution in [0.1, 0.15) is 17.7 Å². The maximum Gasteiger partial charge on any atom is 0.392 e. The van der Waals surface area contributed by atoms with E-state index in [1.165, 1.54) is 22.2 Å². The van der Waals surface area contributed by atoms with E-state index in [4.69, 9.17) is 0 Å². The third kappa shape index (κ3) is 2.65. The van der Waals surface area contributed by atoms with Gasteiger partial charge >= 0.3 is 6.18 Å². The number of hydrogen-bond donors (Lipinski definition) is 1. The first-order valence-electron chi connectivity index (χ1n) is 8.04. The molecule has 138 valence electrons. The topological polar surface area (TPSA) is 89.1 Å². The predicted octanol–water partition coefficient (Wildman–Crippen LogP) is 2.96. The molecule has 0 aromatic carbocycles. The van der Waals surface area contributed by atoms with Crippen molar-refractivity contribution in [1.82, 2.24) is 29.5 Å². The van der Waals surface area contributed by atoms with Crippen molar-refractivity contribution in [2.45, 2.75) is 24.6 Å².